The summed E-state index contributed by atoms with van der Waals surface area (Å²) in [5.41, 5.74) is 2.92. The van der Waals surface area contributed by atoms with E-state index >= 15 is 0 Å². The second-order valence-corrected chi connectivity index (χ2v) is 11.9. The summed E-state index contributed by atoms with van der Waals surface area (Å²) in [7, 11) is -2.32. The van der Waals surface area contributed by atoms with Crippen LogP contribution >= 0.6 is 0 Å². The number of benzene rings is 3. The van der Waals surface area contributed by atoms with Gasteiger partial charge in [-0.05, 0) is 41.7 Å². The molecule has 0 saturated heterocycles. The molecule has 0 radical (unpaired) electrons. The molecule has 1 aliphatic carbocycles. The third-order valence-corrected chi connectivity index (χ3v) is 11.2. The van der Waals surface area contributed by atoms with Crippen LogP contribution in [0.25, 0.3) is 0 Å². The standard InChI is InChI=1S/C28H30Si/c1-3-4-14-24-15-12-21-28(24)29(25-16-7-5-8-17-25,26-18-9-6-10-19-26)27-20-11-13-23(2)22-27/h5-13,15-20,22H,3-4,14,21H2,1-2H3. The molecular formula is C28H30Si. The van der Waals surface area contributed by atoms with E-state index in [1.165, 1.54) is 40.4 Å². The summed E-state index contributed by atoms with van der Waals surface area (Å²) < 4.78 is 0. The van der Waals surface area contributed by atoms with Gasteiger partial charge in [-0.1, -0.05) is 127 Å². The highest BCUT2D eigenvalue weighted by molar-refractivity contribution is 7.16. The Bertz CT molecular complexity index is 973. The third-order valence-electron chi connectivity index (χ3n) is 6.15. The van der Waals surface area contributed by atoms with E-state index in [9.17, 15) is 0 Å². The molecule has 0 saturated carbocycles. The van der Waals surface area contributed by atoms with Crippen molar-refractivity contribution < 1.29 is 0 Å². The molecule has 3 aromatic carbocycles. The van der Waals surface area contributed by atoms with Crippen molar-refractivity contribution in [2.75, 3.05) is 0 Å². The fourth-order valence-electron chi connectivity index (χ4n) is 4.82. The van der Waals surface area contributed by atoms with Crippen molar-refractivity contribution in [3.63, 3.8) is 0 Å². The van der Waals surface area contributed by atoms with Gasteiger partial charge in [-0.2, -0.15) is 0 Å². The summed E-state index contributed by atoms with van der Waals surface area (Å²) in [6.45, 7) is 4.51. The molecule has 0 heterocycles. The fourth-order valence-corrected chi connectivity index (χ4v) is 10.2. The quantitative estimate of drug-likeness (QED) is 0.369. The van der Waals surface area contributed by atoms with Crippen LogP contribution in [-0.4, -0.2) is 8.07 Å². The zero-order valence-electron chi connectivity index (χ0n) is 17.6. The first kappa shape index (κ1) is 19.7. The lowest BCUT2D eigenvalue weighted by molar-refractivity contribution is 0.797. The smallest absolute Gasteiger partial charge is 0.0805 e. The SMILES string of the molecule is CCCCC1=C([Si](c2ccccc2)(c2ccccc2)c2cccc(C)c2)CC=C1. The van der Waals surface area contributed by atoms with E-state index < -0.39 is 8.07 Å². The molecule has 4 rings (SSSR count). The zero-order valence-corrected chi connectivity index (χ0v) is 18.6. The van der Waals surface area contributed by atoms with Gasteiger partial charge in [0.15, 0.2) is 8.07 Å². The minimum absolute atomic E-state index is 1.07. The van der Waals surface area contributed by atoms with E-state index in [-0.39, 0.29) is 0 Å². The molecule has 3 aromatic rings. The van der Waals surface area contributed by atoms with Gasteiger partial charge < -0.3 is 0 Å². The monoisotopic (exact) mass is 394 g/mol. The summed E-state index contributed by atoms with van der Waals surface area (Å²) in [5.74, 6) is 0. The maximum atomic E-state index is 2.44. The minimum atomic E-state index is -2.32. The van der Waals surface area contributed by atoms with Crippen LogP contribution in [0.3, 0.4) is 0 Å². The summed E-state index contributed by atoms with van der Waals surface area (Å²) in [5, 5.41) is 6.16. The summed E-state index contributed by atoms with van der Waals surface area (Å²) in [6.07, 6.45) is 9.55. The van der Waals surface area contributed by atoms with E-state index in [4.69, 9.17) is 0 Å². The number of unbranched alkanes of at least 4 members (excludes halogenated alkanes) is 1. The minimum Gasteiger partial charge on any atom is -0.0805 e. The van der Waals surface area contributed by atoms with Gasteiger partial charge in [0, 0.05) is 0 Å². The predicted molar refractivity (Wildman–Crippen MR) is 129 cm³/mol. The molecule has 1 aliphatic rings. The molecule has 1 heteroatoms. The van der Waals surface area contributed by atoms with Crippen molar-refractivity contribution >= 4 is 23.6 Å². The number of aryl methyl sites for hydroxylation is 1. The maximum absolute atomic E-state index is 2.44. The Morgan fingerprint density at radius 1 is 0.759 bits per heavy atom. The van der Waals surface area contributed by atoms with Crippen LogP contribution in [0.5, 0.6) is 0 Å². The van der Waals surface area contributed by atoms with Gasteiger partial charge in [-0.25, -0.2) is 0 Å². The molecule has 0 unspecified atom stereocenters. The van der Waals surface area contributed by atoms with E-state index in [1.807, 2.05) is 0 Å². The van der Waals surface area contributed by atoms with E-state index in [1.54, 1.807) is 10.8 Å². The Hall–Kier alpha value is -2.64. The van der Waals surface area contributed by atoms with Crippen molar-refractivity contribution in [1.29, 1.82) is 0 Å². The van der Waals surface area contributed by atoms with Crippen molar-refractivity contribution in [2.45, 2.75) is 39.5 Å². The highest BCUT2D eigenvalue weighted by Crippen LogP contribution is 2.31. The molecule has 0 nitrogen and oxygen atoms in total. The number of hydrogen-bond donors (Lipinski definition) is 0. The average Bonchev–Trinajstić information content (AvgIpc) is 3.23. The van der Waals surface area contributed by atoms with Gasteiger partial charge in [0.2, 0.25) is 0 Å². The number of rotatable bonds is 7. The molecule has 0 aliphatic heterocycles. The Morgan fingerprint density at radius 3 is 1.97 bits per heavy atom. The first-order valence-electron chi connectivity index (χ1n) is 10.8. The van der Waals surface area contributed by atoms with Crippen LogP contribution in [0.4, 0.5) is 0 Å². The average molecular weight is 395 g/mol. The Labute approximate surface area is 176 Å². The van der Waals surface area contributed by atoms with Crippen LogP contribution in [-0.2, 0) is 0 Å². The van der Waals surface area contributed by atoms with Crippen LogP contribution in [0.1, 0.15) is 38.2 Å². The van der Waals surface area contributed by atoms with Crippen molar-refractivity contribution in [2.24, 2.45) is 0 Å². The van der Waals surface area contributed by atoms with Gasteiger partial charge in [0.25, 0.3) is 0 Å². The lowest BCUT2D eigenvalue weighted by atomic mass is 10.1. The van der Waals surface area contributed by atoms with Gasteiger partial charge in [-0.3, -0.25) is 0 Å². The second-order valence-electron chi connectivity index (χ2n) is 8.07. The maximum Gasteiger partial charge on any atom is 0.176 e. The lowest BCUT2D eigenvalue weighted by Gasteiger charge is -2.36. The summed E-state index contributed by atoms with van der Waals surface area (Å²) in [4.78, 5) is 0. The van der Waals surface area contributed by atoms with Crippen LogP contribution < -0.4 is 15.6 Å². The Kier molecular flexibility index (Phi) is 5.96. The molecule has 0 N–H and O–H groups in total. The highest BCUT2D eigenvalue weighted by atomic mass is 28.3. The van der Waals surface area contributed by atoms with Gasteiger partial charge in [-0.15, -0.1) is 0 Å². The van der Waals surface area contributed by atoms with Crippen molar-refractivity contribution in [1.82, 2.24) is 0 Å². The van der Waals surface area contributed by atoms with Gasteiger partial charge in [0.1, 0.15) is 0 Å². The number of hydrogen-bond acceptors (Lipinski definition) is 0. The largest absolute Gasteiger partial charge is 0.176 e. The first-order valence-corrected chi connectivity index (χ1v) is 12.8. The molecule has 0 amide bonds. The molecule has 0 aromatic heterocycles. The molecular weight excluding hydrogens is 364 g/mol. The topological polar surface area (TPSA) is 0 Å². The zero-order chi connectivity index (χ0) is 20.1. The first-order chi connectivity index (χ1) is 14.3. The second kappa shape index (κ2) is 8.80. The molecule has 0 spiro atoms. The van der Waals surface area contributed by atoms with Gasteiger partial charge >= 0.3 is 0 Å². The Morgan fingerprint density at radius 2 is 1.38 bits per heavy atom. The van der Waals surface area contributed by atoms with E-state index in [2.05, 4.69) is 111 Å². The summed E-state index contributed by atoms with van der Waals surface area (Å²) >= 11 is 0. The molecule has 0 bridgehead atoms. The van der Waals surface area contributed by atoms with Crippen molar-refractivity contribution in [3.8, 4) is 0 Å². The van der Waals surface area contributed by atoms with E-state index in [0.29, 0.717) is 0 Å². The molecule has 0 atom stereocenters. The highest BCUT2D eigenvalue weighted by Gasteiger charge is 2.44. The van der Waals surface area contributed by atoms with Crippen LogP contribution in [0.15, 0.2) is 108 Å². The number of allylic oxidation sites excluding steroid dienone is 4. The normalized spacial score (nSPS) is 13.9. The lowest BCUT2D eigenvalue weighted by Crippen LogP contribution is -2.68. The van der Waals surface area contributed by atoms with Gasteiger partial charge in [0.05, 0.1) is 0 Å². The van der Waals surface area contributed by atoms with Crippen molar-refractivity contribution in [3.05, 3.63) is 113 Å². The molecule has 146 valence electrons. The summed E-state index contributed by atoms with van der Waals surface area (Å²) in [6, 6.07) is 31.9. The fraction of sp³-hybridized carbons (Fsp3) is 0.214. The van der Waals surface area contributed by atoms with Crippen LogP contribution in [0.2, 0.25) is 0 Å². The molecule has 29 heavy (non-hydrogen) atoms. The third kappa shape index (κ3) is 3.67. The predicted octanol–water partition coefficient (Wildman–Crippen LogP) is 5.45. The Balaban J connectivity index is 2.07. The van der Waals surface area contributed by atoms with Crippen LogP contribution in [0, 0.1) is 6.92 Å². The molecule has 0 fully saturated rings. The van der Waals surface area contributed by atoms with E-state index in [0.717, 1.165) is 6.42 Å².